The van der Waals surface area contributed by atoms with Crippen LogP contribution >= 0.6 is 0 Å². The maximum atomic E-state index is 12.5. The number of imide groups is 1. The van der Waals surface area contributed by atoms with E-state index in [1.165, 1.54) is 13.8 Å². The first kappa shape index (κ1) is 15.7. The molecule has 1 N–H and O–H groups in total. The minimum atomic E-state index is -3.70. The van der Waals surface area contributed by atoms with Gasteiger partial charge < -0.3 is 0 Å². The second-order valence-corrected chi connectivity index (χ2v) is 7.51. The Morgan fingerprint density at radius 3 is 2.43 bits per heavy atom. The van der Waals surface area contributed by atoms with Crippen LogP contribution in [-0.2, 0) is 26.0 Å². The van der Waals surface area contributed by atoms with Crippen molar-refractivity contribution in [3.05, 3.63) is 35.9 Å². The summed E-state index contributed by atoms with van der Waals surface area (Å²) in [5, 5.41) is 2.16. The van der Waals surface area contributed by atoms with Crippen molar-refractivity contribution in [2.24, 2.45) is 0 Å². The van der Waals surface area contributed by atoms with Gasteiger partial charge in [-0.25, -0.2) is 8.42 Å². The molecule has 1 aliphatic rings. The van der Waals surface area contributed by atoms with Crippen LogP contribution in [0.3, 0.4) is 0 Å². The molecule has 0 aliphatic carbocycles. The molecule has 7 heteroatoms. The van der Waals surface area contributed by atoms with Gasteiger partial charge in [0.25, 0.3) is 0 Å². The van der Waals surface area contributed by atoms with Crippen LogP contribution < -0.4 is 5.32 Å². The van der Waals surface area contributed by atoms with Crippen LogP contribution in [0.4, 0.5) is 0 Å². The highest BCUT2D eigenvalue weighted by Gasteiger charge is 2.46. The maximum Gasteiger partial charge on any atom is 0.247 e. The first-order valence-electron chi connectivity index (χ1n) is 6.62. The third-order valence-corrected chi connectivity index (χ3v) is 5.52. The minimum Gasteiger partial charge on any atom is -0.294 e. The van der Waals surface area contributed by atoms with Gasteiger partial charge in [-0.3, -0.25) is 14.9 Å². The van der Waals surface area contributed by atoms with Crippen LogP contribution in [0.25, 0.3) is 0 Å². The summed E-state index contributed by atoms with van der Waals surface area (Å²) in [4.78, 5) is 23.3. The number of benzene rings is 1. The van der Waals surface area contributed by atoms with E-state index in [9.17, 15) is 18.0 Å². The van der Waals surface area contributed by atoms with Crippen LogP contribution in [-0.4, -0.2) is 42.4 Å². The quantitative estimate of drug-likeness (QED) is 0.811. The average molecular weight is 310 g/mol. The predicted molar refractivity (Wildman–Crippen MR) is 77.9 cm³/mol. The zero-order valence-electron chi connectivity index (χ0n) is 12.0. The third-order valence-electron chi connectivity index (χ3n) is 3.55. The lowest BCUT2D eigenvalue weighted by Crippen LogP contribution is -2.65. The molecule has 114 valence electrons. The molecule has 2 rings (SSSR count). The fraction of sp³-hybridized carbons (Fsp3) is 0.429. The molecule has 1 heterocycles. The Hall–Kier alpha value is -1.73. The van der Waals surface area contributed by atoms with Gasteiger partial charge >= 0.3 is 0 Å². The molecule has 0 unspecified atom stereocenters. The van der Waals surface area contributed by atoms with Gasteiger partial charge in [-0.1, -0.05) is 30.3 Å². The molecule has 1 aromatic carbocycles. The summed E-state index contributed by atoms with van der Waals surface area (Å²) in [7, 11) is -3.70. The molecule has 1 fully saturated rings. The normalized spacial score (nSPS) is 19.3. The number of sulfonamides is 1. The van der Waals surface area contributed by atoms with Crippen molar-refractivity contribution in [1.29, 1.82) is 0 Å². The molecule has 0 aromatic heterocycles. The van der Waals surface area contributed by atoms with Crippen LogP contribution in [0, 0.1) is 0 Å². The van der Waals surface area contributed by atoms with E-state index in [-0.39, 0.29) is 12.3 Å². The Morgan fingerprint density at radius 1 is 1.19 bits per heavy atom. The molecule has 21 heavy (non-hydrogen) atoms. The molecule has 0 radical (unpaired) electrons. The molecule has 6 nitrogen and oxygen atoms in total. The summed E-state index contributed by atoms with van der Waals surface area (Å²) in [5.74, 6) is -1.33. The predicted octanol–water partition coefficient (Wildman–Crippen LogP) is 0.296. The van der Waals surface area contributed by atoms with Crippen molar-refractivity contribution in [1.82, 2.24) is 9.62 Å². The van der Waals surface area contributed by atoms with Crippen LogP contribution in [0.2, 0.25) is 0 Å². The van der Waals surface area contributed by atoms with E-state index >= 15 is 0 Å². The zero-order chi connectivity index (χ0) is 15.7. The van der Waals surface area contributed by atoms with E-state index < -0.39 is 27.4 Å². The maximum absolute atomic E-state index is 12.5. The van der Waals surface area contributed by atoms with Gasteiger partial charge in [-0.15, -0.1) is 0 Å². The number of nitrogens with zero attached hydrogens (tertiary/aromatic N) is 1. The largest absolute Gasteiger partial charge is 0.294 e. The Labute approximate surface area is 124 Å². The average Bonchev–Trinajstić information content (AvgIpc) is 2.42. The molecular formula is C14H18N2O4S. The van der Waals surface area contributed by atoms with E-state index in [1.54, 1.807) is 0 Å². The Kier molecular flexibility index (Phi) is 4.15. The number of carbonyl (C=O) groups is 2. The van der Waals surface area contributed by atoms with Gasteiger partial charge in [0.15, 0.2) is 0 Å². The number of rotatable bonds is 4. The molecule has 2 amide bonds. The highest BCUT2D eigenvalue weighted by molar-refractivity contribution is 7.89. The number of piperazine rings is 1. The van der Waals surface area contributed by atoms with Crippen LogP contribution in [0.1, 0.15) is 19.4 Å². The standard InChI is InChI=1S/C14H18N2O4S/c1-14(2)13(18)15-12(17)10-16(14)21(19,20)9-8-11-6-4-3-5-7-11/h3-7H,8-10H2,1-2H3,(H,15,17,18). The molecule has 0 saturated carbocycles. The summed E-state index contributed by atoms with van der Waals surface area (Å²) in [6.07, 6.45) is 0.339. The molecule has 0 spiro atoms. The third kappa shape index (κ3) is 3.30. The van der Waals surface area contributed by atoms with Gasteiger partial charge in [0, 0.05) is 0 Å². The van der Waals surface area contributed by atoms with Gasteiger partial charge in [-0.05, 0) is 25.8 Å². The fourth-order valence-electron chi connectivity index (χ4n) is 2.21. The van der Waals surface area contributed by atoms with Crippen molar-refractivity contribution in [3.8, 4) is 0 Å². The second kappa shape index (κ2) is 5.57. The van der Waals surface area contributed by atoms with Gasteiger partial charge in [-0.2, -0.15) is 4.31 Å². The summed E-state index contributed by atoms with van der Waals surface area (Å²) in [6.45, 7) is 2.67. The lowest BCUT2D eigenvalue weighted by Gasteiger charge is -2.38. The number of nitrogens with one attached hydrogen (secondary N) is 1. The first-order valence-corrected chi connectivity index (χ1v) is 8.23. The lowest BCUT2D eigenvalue weighted by atomic mass is 10.0. The molecule has 1 aromatic rings. The van der Waals surface area contributed by atoms with E-state index in [4.69, 9.17) is 0 Å². The molecule has 0 bridgehead atoms. The van der Waals surface area contributed by atoms with Crippen molar-refractivity contribution in [2.75, 3.05) is 12.3 Å². The number of hydrogen-bond donors (Lipinski definition) is 1. The Bertz CT molecular complexity index is 653. The number of carbonyl (C=O) groups excluding carboxylic acids is 2. The number of hydrogen-bond acceptors (Lipinski definition) is 4. The number of aryl methyl sites for hydroxylation is 1. The van der Waals surface area contributed by atoms with Crippen molar-refractivity contribution in [3.63, 3.8) is 0 Å². The van der Waals surface area contributed by atoms with E-state index in [2.05, 4.69) is 5.32 Å². The van der Waals surface area contributed by atoms with Crippen molar-refractivity contribution < 1.29 is 18.0 Å². The summed E-state index contributed by atoms with van der Waals surface area (Å²) in [5.41, 5.74) is -0.365. The second-order valence-electron chi connectivity index (χ2n) is 5.49. The summed E-state index contributed by atoms with van der Waals surface area (Å²) >= 11 is 0. The molecule has 1 saturated heterocycles. The highest BCUT2D eigenvalue weighted by atomic mass is 32.2. The fourth-order valence-corrected chi connectivity index (χ4v) is 4.01. The van der Waals surface area contributed by atoms with Gasteiger partial charge in [0.05, 0.1) is 12.3 Å². The highest BCUT2D eigenvalue weighted by Crippen LogP contribution is 2.22. The lowest BCUT2D eigenvalue weighted by molar-refractivity contribution is -0.141. The van der Waals surface area contributed by atoms with Gasteiger partial charge in [0.2, 0.25) is 21.8 Å². The van der Waals surface area contributed by atoms with Crippen LogP contribution in [0.5, 0.6) is 0 Å². The van der Waals surface area contributed by atoms with E-state index in [0.717, 1.165) is 9.87 Å². The van der Waals surface area contributed by atoms with Crippen molar-refractivity contribution >= 4 is 21.8 Å². The van der Waals surface area contributed by atoms with Crippen molar-refractivity contribution in [2.45, 2.75) is 25.8 Å². The number of amides is 2. The topological polar surface area (TPSA) is 83.6 Å². The Morgan fingerprint density at radius 2 is 1.81 bits per heavy atom. The van der Waals surface area contributed by atoms with Gasteiger partial charge in [0.1, 0.15) is 5.54 Å². The van der Waals surface area contributed by atoms with E-state index in [0.29, 0.717) is 6.42 Å². The summed E-state index contributed by atoms with van der Waals surface area (Å²) < 4.78 is 25.9. The van der Waals surface area contributed by atoms with E-state index in [1.807, 2.05) is 30.3 Å². The molecule has 0 atom stereocenters. The SMILES string of the molecule is CC1(C)C(=O)NC(=O)CN1S(=O)(=O)CCc1ccccc1. The monoisotopic (exact) mass is 310 g/mol. The minimum absolute atomic E-state index is 0.138. The summed E-state index contributed by atoms with van der Waals surface area (Å²) in [6, 6.07) is 9.21. The Balaban J connectivity index is 2.18. The zero-order valence-corrected chi connectivity index (χ0v) is 12.8. The first-order chi connectivity index (χ1) is 9.73. The smallest absolute Gasteiger partial charge is 0.247 e. The molecule has 1 aliphatic heterocycles. The van der Waals surface area contributed by atoms with Crippen LogP contribution in [0.15, 0.2) is 30.3 Å². The molecular weight excluding hydrogens is 292 g/mol.